The summed E-state index contributed by atoms with van der Waals surface area (Å²) in [5, 5.41) is 3.87. The van der Waals surface area contributed by atoms with E-state index in [4.69, 9.17) is 0 Å². The number of benzene rings is 1. The van der Waals surface area contributed by atoms with E-state index in [9.17, 15) is 0 Å². The van der Waals surface area contributed by atoms with Crippen molar-refractivity contribution in [1.82, 2.24) is 5.43 Å². The number of hydrazone groups is 1. The molecule has 2 nitrogen and oxygen atoms in total. The van der Waals surface area contributed by atoms with Crippen molar-refractivity contribution >= 4 is 6.21 Å². The van der Waals surface area contributed by atoms with Crippen LogP contribution in [-0.2, 0) is 6.42 Å². The molecule has 2 heteroatoms. The molecule has 0 aromatic heterocycles. The summed E-state index contributed by atoms with van der Waals surface area (Å²) in [5.41, 5.74) is 3.85. The first-order valence-electron chi connectivity index (χ1n) is 3.57. The van der Waals surface area contributed by atoms with Crippen LogP contribution in [0, 0.1) is 6.07 Å². The molecule has 11 heavy (non-hydrogen) atoms. The first-order valence-corrected chi connectivity index (χ1v) is 3.57. The Labute approximate surface area is 66.9 Å². The highest BCUT2D eigenvalue weighted by atomic mass is 15.3. The van der Waals surface area contributed by atoms with E-state index < -0.39 is 0 Å². The zero-order valence-corrected chi connectivity index (χ0v) is 6.54. The molecule has 0 saturated carbocycles. The van der Waals surface area contributed by atoms with Crippen LogP contribution in [0.4, 0.5) is 0 Å². The summed E-state index contributed by atoms with van der Waals surface area (Å²) < 4.78 is 0. The summed E-state index contributed by atoms with van der Waals surface area (Å²) in [6.45, 7) is 0. The molecule has 0 atom stereocenters. The van der Waals surface area contributed by atoms with Crippen LogP contribution in [0.2, 0.25) is 0 Å². The van der Waals surface area contributed by atoms with Crippen LogP contribution in [-0.4, -0.2) is 13.3 Å². The van der Waals surface area contributed by atoms with Gasteiger partial charge in [-0.15, -0.1) is 0 Å². The highest BCUT2D eigenvalue weighted by Gasteiger charge is 1.85. The van der Waals surface area contributed by atoms with E-state index in [0.717, 1.165) is 12.0 Å². The van der Waals surface area contributed by atoms with E-state index >= 15 is 0 Å². The maximum absolute atomic E-state index is 3.87. The third-order valence-electron chi connectivity index (χ3n) is 1.31. The van der Waals surface area contributed by atoms with Gasteiger partial charge in [0.25, 0.3) is 0 Å². The maximum atomic E-state index is 3.87. The molecule has 1 N–H and O–H groups in total. The van der Waals surface area contributed by atoms with Crippen molar-refractivity contribution < 1.29 is 0 Å². The van der Waals surface area contributed by atoms with Crippen LogP contribution in [0.3, 0.4) is 0 Å². The summed E-state index contributed by atoms with van der Waals surface area (Å²) >= 11 is 0. The average molecular weight is 147 g/mol. The zero-order chi connectivity index (χ0) is 7.94. The third-order valence-corrected chi connectivity index (χ3v) is 1.31. The second-order valence-electron chi connectivity index (χ2n) is 2.13. The highest BCUT2D eigenvalue weighted by molar-refractivity contribution is 5.60. The Morgan fingerprint density at radius 1 is 1.64 bits per heavy atom. The van der Waals surface area contributed by atoms with Crippen LogP contribution in [0.1, 0.15) is 5.56 Å². The predicted molar refractivity (Wildman–Crippen MR) is 46.5 cm³/mol. The Bertz CT molecular complexity index is 216. The van der Waals surface area contributed by atoms with Crippen molar-refractivity contribution in [2.45, 2.75) is 6.42 Å². The summed E-state index contributed by atoms with van der Waals surface area (Å²) in [6, 6.07) is 11.0. The lowest BCUT2D eigenvalue weighted by molar-refractivity contribution is 0.903. The lowest BCUT2D eigenvalue weighted by atomic mass is 10.2. The van der Waals surface area contributed by atoms with Gasteiger partial charge in [-0.25, -0.2) is 0 Å². The topological polar surface area (TPSA) is 24.4 Å². The Hall–Kier alpha value is -1.31. The molecule has 0 aliphatic carbocycles. The molecule has 1 aromatic carbocycles. The van der Waals surface area contributed by atoms with Gasteiger partial charge in [-0.2, -0.15) is 5.10 Å². The van der Waals surface area contributed by atoms with Crippen molar-refractivity contribution in [3.8, 4) is 0 Å². The van der Waals surface area contributed by atoms with Crippen molar-refractivity contribution in [1.29, 1.82) is 0 Å². The molecule has 0 heterocycles. The Balaban J connectivity index is 2.45. The van der Waals surface area contributed by atoms with Gasteiger partial charge in [0.1, 0.15) is 0 Å². The van der Waals surface area contributed by atoms with Gasteiger partial charge in [0, 0.05) is 19.7 Å². The number of hydrogen-bond acceptors (Lipinski definition) is 2. The molecule has 1 aromatic rings. The molecule has 0 aliphatic heterocycles. The highest BCUT2D eigenvalue weighted by Crippen LogP contribution is 1.95. The summed E-state index contributed by atoms with van der Waals surface area (Å²) in [7, 11) is 1.78. The van der Waals surface area contributed by atoms with Crippen LogP contribution in [0.25, 0.3) is 0 Å². The smallest absolute Gasteiger partial charge is 0.0286 e. The third kappa shape index (κ3) is 2.85. The standard InChI is InChI=1S/C9H11N2/c1-10-11-8-7-9-5-3-2-4-6-9/h2-5,8,10H,7H2,1H3. The van der Waals surface area contributed by atoms with Crippen molar-refractivity contribution in [3.63, 3.8) is 0 Å². The van der Waals surface area contributed by atoms with E-state index in [1.54, 1.807) is 7.05 Å². The fraction of sp³-hybridized carbons (Fsp3) is 0.222. The van der Waals surface area contributed by atoms with E-state index in [1.807, 2.05) is 30.5 Å². The second-order valence-corrected chi connectivity index (χ2v) is 2.13. The average Bonchev–Trinajstić information content (AvgIpc) is 2.07. The van der Waals surface area contributed by atoms with Gasteiger partial charge in [0.05, 0.1) is 0 Å². The van der Waals surface area contributed by atoms with Gasteiger partial charge in [-0.05, 0) is 11.6 Å². The van der Waals surface area contributed by atoms with Gasteiger partial charge in [-0.3, -0.25) is 0 Å². The van der Waals surface area contributed by atoms with Crippen molar-refractivity contribution in [3.05, 3.63) is 35.9 Å². The van der Waals surface area contributed by atoms with E-state index in [1.165, 1.54) is 0 Å². The SMILES string of the molecule is CNN=CCc1[c]cccc1. The van der Waals surface area contributed by atoms with Crippen LogP contribution >= 0.6 is 0 Å². The minimum absolute atomic E-state index is 0.835. The summed E-state index contributed by atoms with van der Waals surface area (Å²) in [5.74, 6) is 0. The van der Waals surface area contributed by atoms with E-state index in [0.29, 0.717) is 0 Å². The molecule has 0 fully saturated rings. The molecule has 0 spiro atoms. The first-order chi connectivity index (χ1) is 5.43. The quantitative estimate of drug-likeness (QED) is 0.504. The van der Waals surface area contributed by atoms with Gasteiger partial charge in [-0.1, -0.05) is 24.3 Å². The molecule has 0 amide bonds. The number of nitrogens with zero attached hydrogens (tertiary/aromatic N) is 1. The minimum Gasteiger partial charge on any atom is -0.313 e. The van der Waals surface area contributed by atoms with E-state index in [2.05, 4.69) is 16.6 Å². The molecule has 0 bridgehead atoms. The second kappa shape index (κ2) is 4.50. The van der Waals surface area contributed by atoms with Gasteiger partial charge < -0.3 is 5.43 Å². The fourth-order valence-corrected chi connectivity index (χ4v) is 0.793. The molecular formula is C9H11N2. The largest absolute Gasteiger partial charge is 0.313 e. The molecule has 0 aliphatic rings. The van der Waals surface area contributed by atoms with E-state index in [-0.39, 0.29) is 0 Å². The van der Waals surface area contributed by atoms with Crippen LogP contribution < -0.4 is 5.43 Å². The van der Waals surface area contributed by atoms with Crippen molar-refractivity contribution in [2.75, 3.05) is 7.05 Å². The summed E-state index contributed by atoms with van der Waals surface area (Å²) in [4.78, 5) is 0. The lowest BCUT2D eigenvalue weighted by Crippen LogP contribution is -1.95. The fourth-order valence-electron chi connectivity index (χ4n) is 0.793. The van der Waals surface area contributed by atoms with Gasteiger partial charge in [0.2, 0.25) is 0 Å². The first kappa shape index (κ1) is 7.79. The Kier molecular flexibility index (Phi) is 3.19. The van der Waals surface area contributed by atoms with Crippen molar-refractivity contribution in [2.24, 2.45) is 5.10 Å². The number of rotatable bonds is 3. The maximum Gasteiger partial charge on any atom is 0.0286 e. The predicted octanol–water partition coefficient (Wildman–Crippen LogP) is 1.23. The number of hydrogen-bond donors (Lipinski definition) is 1. The summed E-state index contributed by atoms with van der Waals surface area (Å²) in [6.07, 6.45) is 2.66. The normalized spacial score (nSPS) is 10.3. The Morgan fingerprint density at radius 3 is 3.18 bits per heavy atom. The number of nitrogens with one attached hydrogen (secondary N) is 1. The molecule has 1 rings (SSSR count). The molecular weight excluding hydrogens is 136 g/mol. The van der Waals surface area contributed by atoms with Gasteiger partial charge in [0.15, 0.2) is 0 Å². The zero-order valence-electron chi connectivity index (χ0n) is 6.54. The van der Waals surface area contributed by atoms with Crippen LogP contribution in [0.15, 0.2) is 29.4 Å². The van der Waals surface area contributed by atoms with Gasteiger partial charge >= 0.3 is 0 Å². The molecule has 0 saturated heterocycles. The molecule has 1 radical (unpaired) electrons. The monoisotopic (exact) mass is 147 g/mol. The lowest BCUT2D eigenvalue weighted by Gasteiger charge is -1.92. The van der Waals surface area contributed by atoms with Crippen LogP contribution in [0.5, 0.6) is 0 Å². The molecule has 0 unspecified atom stereocenters. The molecule has 57 valence electrons. The Morgan fingerprint density at radius 2 is 2.55 bits per heavy atom. The minimum atomic E-state index is 0.835.